The second-order valence-corrected chi connectivity index (χ2v) is 14.4. The zero-order valence-electron chi connectivity index (χ0n) is 30.6. The summed E-state index contributed by atoms with van der Waals surface area (Å²) in [5, 5.41) is 0. The first-order chi connectivity index (χ1) is 22.2. The van der Waals surface area contributed by atoms with E-state index in [1.54, 1.807) is 0 Å². The van der Waals surface area contributed by atoms with Crippen LogP contribution in [0.2, 0.25) is 0 Å². The Balaban J connectivity index is 3.52. The van der Waals surface area contributed by atoms with Crippen molar-refractivity contribution in [3.05, 3.63) is 0 Å². The second kappa shape index (κ2) is 40.1. The third kappa shape index (κ3) is 40.0. The third-order valence-electron chi connectivity index (χ3n) is 9.17. The van der Waals surface area contributed by atoms with E-state index in [9.17, 15) is 4.57 Å². The van der Waals surface area contributed by atoms with E-state index in [0.717, 1.165) is 19.4 Å². The molecule has 0 radical (unpaired) electrons. The molecule has 0 aromatic rings. The summed E-state index contributed by atoms with van der Waals surface area (Å²) in [7, 11) is -2.60. The molecular formula is C39H80O5P+. The highest BCUT2D eigenvalue weighted by molar-refractivity contribution is 7.32. The predicted molar refractivity (Wildman–Crippen MR) is 195 cm³/mol. The number of rotatable bonds is 40. The Bertz CT molecular complexity index is 562. The van der Waals surface area contributed by atoms with Gasteiger partial charge in [-0.25, -0.2) is 0 Å². The molecule has 45 heavy (non-hydrogen) atoms. The molecule has 0 spiro atoms. The van der Waals surface area contributed by atoms with Crippen LogP contribution in [0.3, 0.4) is 0 Å². The number of ether oxygens (including phenoxy) is 2. The maximum atomic E-state index is 11.0. The molecule has 6 heteroatoms. The summed E-state index contributed by atoms with van der Waals surface area (Å²) >= 11 is 0. The van der Waals surface area contributed by atoms with E-state index in [0.29, 0.717) is 13.2 Å². The van der Waals surface area contributed by atoms with Crippen LogP contribution in [0.15, 0.2) is 0 Å². The monoisotopic (exact) mass is 660 g/mol. The van der Waals surface area contributed by atoms with Crippen LogP contribution >= 0.6 is 8.25 Å². The smallest absolute Gasteiger partial charge is 0.379 e. The van der Waals surface area contributed by atoms with E-state index in [4.69, 9.17) is 18.9 Å². The van der Waals surface area contributed by atoms with E-state index in [-0.39, 0.29) is 12.7 Å². The summed E-state index contributed by atoms with van der Waals surface area (Å²) in [4.78, 5) is 9.04. The molecule has 0 aromatic heterocycles. The standard InChI is InChI=1S/C39H79O5P/c1-3-5-7-9-11-13-15-17-19-21-23-25-27-29-31-33-35-42-37-39(38-44-45(40)41)43-36-34-32-30-28-26-24-22-20-18-16-14-12-10-8-6-4-2/h39H,3-38H2,1-2H3/p+1. The highest BCUT2D eigenvalue weighted by Crippen LogP contribution is 2.17. The number of hydrogen-bond donors (Lipinski definition) is 1. The summed E-state index contributed by atoms with van der Waals surface area (Å²) < 4.78 is 27.7. The van der Waals surface area contributed by atoms with Crippen LogP contribution in [-0.2, 0) is 18.6 Å². The Morgan fingerprint density at radius 1 is 0.422 bits per heavy atom. The van der Waals surface area contributed by atoms with Crippen LogP contribution in [0.25, 0.3) is 0 Å². The van der Waals surface area contributed by atoms with E-state index < -0.39 is 8.25 Å². The molecule has 5 nitrogen and oxygen atoms in total. The summed E-state index contributed by atoms with van der Waals surface area (Å²) in [5.41, 5.74) is 0. The van der Waals surface area contributed by atoms with Crippen molar-refractivity contribution in [2.45, 2.75) is 225 Å². The molecule has 0 amide bonds. The average Bonchev–Trinajstić information content (AvgIpc) is 3.04. The molecule has 0 saturated heterocycles. The number of hydrogen-bond acceptors (Lipinski definition) is 4. The molecule has 0 rings (SSSR count). The van der Waals surface area contributed by atoms with Crippen LogP contribution in [0.4, 0.5) is 0 Å². The van der Waals surface area contributed by atoms with Crippen molar-refractivity contribution in [3.8, 4) is 0 Å². The van der Waals surface area contributed by atoms with Gasteiger partial charge in [0, 0.05) is 17.8 Å². The Kier molecular flexibility index (Phi) is 40.1. The molecule has 0 aliphatic carbocycles. The molecule has 0 aliphatic heterocycles. The van der Waals surface area contributed by atoms with Gasteiger partial charge in [0.2, 0.25) is 0 Å². The molecule has 0 saturated carbocycles. The fourth-order valence-electron chi connectivity index (χ4n) is 6.16. The summed E-state index contributed by atoms with van der Waals surface area (Å²) in [6.07, 6.45) is 43.2. The van der Waals surface area contributed by atoms with Crippen molar-refractivity contribution in [2.75, 3.05) is 26.4 Å². The fraction of sp³-hybridized carbons (Fsp3) is 1.00. The van der Waals surface area contributed by atoms with Gasteiger partial charge in [0.1, 0.15) is 12.7 Å². The van der Waals surface area contributed by atoms with Gasteiger partial charge < -0.3 is 9.47 Å². The maximum Gasteiger partial charge on any atom is 0.694 e. The van der Waals surface area contributed by atoms with Gasteiger partial charge in [-0.3, -0.25) is 0 Å². The van der Waals surface area contributed by atoms with Crippen molar-refractivity contribution in [3.63, 3.8) is 0 Å². The molecule has 0 heterocycles. The van der Waals surface area contributed by atoms with Gasteiger partial charge in [-0.2, -0.15) is 0 Å². The molecule has 0 bridgehead atoms. The molecule has 0 aliphatic rings. The molecule has 2 atom stereocenters. The lowest BCUT2D eigenvalue weighted by atomic mass is 10.0. The van der Waals surface area contributed by atoms with Crippen LogP contribution in [-0.4, -0.2) is 37.4 Å². The van der Waals surface area contributed by atoms with Crippen molar-refractivity contribution in [2.24, 2.45) is 0 Å². The Hall–Kier alpha value is -0.0600. The Labute approximate surface area is 283 Å². The Morgan fingerprint density at radius 3 is 1.02 bits per heavy atom. The lowest BCUT2D eigenvalue weighted by Crippen LogP contribution is -2.25. The first kappa shape index (κ1) is 44.9. The minimum absolute atomic E-state index is 0.115. The van der Waals surface area contributed by atoms with Crippen LogP contribution in [0, 0.1) is 0 Å². The van der Waals surface area contributed by atoms with Gasteiger partial charge in [-0.1, -0.05) is 206 Å². The molecule has 0 fully saturated rings. The topological polar surface area (TPSA) is 65.0 Å². The summed E-state index contributed by atoms with van der Waals surface area (Å²) in [6.45, 7) is 6.51. The zero-order chi connectivity index (χ0) is 32.7. The molecule has 2 unspecified atom stereocenters. The molecule has 270 valence electrons. The number of unbranched alkanes of at least 4 members (excludes halogenated alkanes) is 30. The Morgan fingerprint density at radius 2 is 0.711 bits per heavy atom. The van der Waals surface area contributed by atoms with Crippen LogP contribution in [0.5, 0.6) is 0 Å². The fourth-order valence-corrected chi connectivity index (χ4v) is 6.45. The van der Waals surface area contributed by atoms with E-state index in [2.05, 4.69) is 13.8 Å². The average molecular weight is 660 g/mol. The minimum Gasteiger partial charge on any atom is -0.379 e. The van der Waals surface area contributed by atoms with Gasteiger partial charge in [0.05, 0.1) is 6.61 Å². The van der Waals surface area contributed by atoms with E-state index >= 15 is 0 Å². The summed E-state index contributed by atoms with van der Waals surface area (Å²) in [6, 6.07) is 0. The third-order valence-corrected chi connectivity index (χ3v) is 9.54. The van der Waals surface area contributed by atoms with Gasteiger partial charge in [-0.15, -0.1) is 9.42 Å². The van der Waals surface area contributed by atoms with Crippen molar-refractivity contribution >= 4 is 8.25 Å². The molecular weight excluding hydrogens is 579 g/mol. The molecule has 0 aromatic carbocycles. The van der Waals surface area contributed by atoms with Crippen molar-refractivity contribution in [1.29, 1.82) is 0 Å². The summed E-state index contributed by atoms with van der Waals surface area (Å²) in [5.74, 6) is 0. The SMILES string of the molecule is CCCCCCCCCCCCCCCCCCOCC(CO[P+](=O)O)OCCCCCCCCCCCCCCCCCC. The van der Waals surface area contributed by atoms with Crippen molar-refractivity contribution in [1.82, 2.24) is 0 Å². The van der Waals surface area contributed by atoms with Gasteiger partial charge in [0.15, 0.2) is 0 Å². The maximum absolute atomic E-state index is 11.0. The predicted octanol–water partition coefficient (Wildman–Crippen LogP) is 13.6. The van der Waals surface area contributed by atoms with Gasteiger partial charge in [0.25, 0.3) is 0 Å². The van der Waals surface area contributed by atoms with E-state index in [1.165, 1.54) is 193 Å². The zero-order valence-corrected chi connectivity index (χ0v) is 31.5. The van der Waals surface area contributed by atoms with Crippen molar-refractivity contribution < 1.29 is 23.5 Å². The largest absolute Gasteiger partial charge is 0.694 e. The normalized spacial score (nSPS) is 12.6. The quantitative estimate of drug-likeness (QED) is 0.0524. The minimum atomic E-state index is -2.60. The molecule has 1 N–H and O–H groups in total. The highest BCUT2D eigenvalue weighted by atomic mass is 31.1. The first-order valence-corrected chi connectivity index (χ1v) is 21.3. The lowest BCUT2D eigenvalue weighted by Gasteiger charge is -2.15. The highest BCUT2D eigenvalue weighted by Gasteiger charge is 2.19. The lowest BCUT2D eigenvalue weighted by molar-refractivity contribution is -0.0392. The van der Waals surface area contributed by atoms with Crippen LogP contribution in [0.1, 0.15) is 219 Å². The van der Waals surface area contributed by atoms with Gasteiger partial charge >= 0.3 is 8.25 Å². The van der Waals surface area contributed by atoms with E-state index in [1.807, 2.05) is 0 Å². The van der Waals surface area contributed by atoms with Gasteiger partial charge in [-0.05, 0) is 12.8 Å². The first-order valence-electron chi connectivity index (χ1n) is 20.2. The van der Waals surface area contributed by atoms with Crippen LogP contribution < -0.4 is 0 Å². The second-order valence-electron chi connectivity index (χ2n) is 13.7.